The summed E-state index contributed by atoms with van der Waals surface area (Å²) in [5, 5.41) is 0. The highest BCUT2D eigenvalue weighted by Gasteiger charge is 2.25. The number of benzene rings is 1. The van der Waals surface area contributed by atoms with Crippen molar-refractivity contribution in [1.29, 1.82) is 0 Å². The summed E-state index contributed by atoms with van der Waals surface area (Å²) >= 11 is 0. The summed E-state index contributed by atoms with van der Waals surface area (Å²) in [4.78, 5) is 15.1. The van der Waals surface area contributed by atoms with E-state index < -0.39 is 10.0 Å². The SMILES string of the molecule is COc1ccc(CCn2c(C)cc(C(=O)CN3CCCC(NS(C)(=O)=O)C3)c2C)cc1. The van der Waals surface area contributed by atoms with Crippen molar-refractivity contribution in [1.82, 2.24) is 14.2 Å². The number of aromatic nitrogens is 1. The predicted octanol–water partition coefficient (Wildman–Crippen LogP) is 2.55. The molecule has 0 aliphatic carbocycles. The van der Waals surface area contributed by atoms with Crippen LogP contribution in [0.5, 0.6) is 5.75 Å². The minimum Gasteiger partial charge on any atom is -0.497 e. The lowest BCUT2D eigenvalue weighted by molar-refractivity contribution is 0.0904. The van der Waals surface area contributed by atoms with Crippen molar-refractivity contribution >= 4 is 15.8 Å². The summed E-state index contributed by atoms with van der Waals surface area (Å²) in [5.41, 5.74) is 4.03. The van der Waals surface area contributed by atoms with Crippen LogP contribution in [0, 0.1) is 13.8 Å². The monoisotopic (exact) mass is 447 g/mol. The molecular formula is C23H33N3O4S. The van der Waals surface area contributed by atoms with Crippen molar-refractivity contribution in [2.75, 3.05) is 33.0 Å². The van der Waals surface area contributed by atoms with Crippen molar-refractivity contribution in [3.05, 3.63) is 52.8 Å². The van der Waals surface area contributed by atoms with Crippen LogP contribution in [0.2, 0.25) is 0 Å². The van der Waals surface area contributed by atoms with Crippen molar-refractivity contribution in [2.24, 2.45) is 0 Å². The molecule has 1 aromatic carbocycles. The first-order valence-electron chi connectivity index (χ1n) is 10.7. The third-order valence-electron chi connectivity index (χ3n) is 5.91. The molecule has 1 unspecified atom stereocenters. The van der Waals surface area contributed by atoms with E-state index in [1.54, 1.807) is 7.11 Å². The molecular weight excluding hydrogens is 414 g/mol. The van der Waals surface area contributed by atoms with Gasteiger partial charge in [-0.15, -0.1) is 0 Å². The minimum atomic E-state index is -3.24. The van der Waals surface area contributed by atoms with E-state index in [1.165, 1.54) is 11.8 Å². The summed E-state index contributed by atoms with van der Waals surface area (Å²) in [7, 11) is -1.58. The van der Waals surface area contributed by atoms with Gasteiger partial charge in [-0.05, 0) is 63.4 Å². The predicted molar refractivity (Wildman–Crippen MR) is 122 cm³/mol. The lowest BCUT2D eigenvalue weighted by atomic mass is 10.1. The third kappa shape index (κ3) is 6.41. The van der Waals surface area contributed by atoms with Gasteiger partial charge in [-0.3, -0.25) is 9.69 Å². The van der Waals surface area contributed by atoms with Crippen LogP contribution in [0.1, 0.15) is 40.2 Å². The van der Waals surface area contributed by atoms with Gasteiger partial charge in [-0.1, -0.05) is 12.1 Å². The summed E-state index contributed by atoms with van der Waals surface area (Å²) in [6, 6.07) is 9.90. The van der Waals surface area contributed by atoms with Crippen LogP contribution in [0.25, 0.3) is 0 Å². The second-order valence-electron chi connectivity index (χ2n) is 8.42. The standard InChI is InChI=1S/C23H33N3O4S/c1-17-14-22(18(2)26(17)13-11-19-7-9-21(30-3)10-8-19)23(27)16-25-12-5-6-20(15-25)24-31(4,28)29/h7-10,14,20,24H,5-6,11-13,15-16H2,1-4H3. The Morgan fingerprint density at radius 3 is 2.58 bits per heavy atom. The molecule has 1 aliphatic heterocycles. The second kappa shape index (κ2) is 9.97. The number of sulfonamides is 1. The molecule has 0 saturated carbocycles. The fraction of sp³-hybridized carbons (Fsp3) is 0.522. The number of carbonyl (C=O) groups excluding carboxylic acids is 1. The first kappa shape index (κ1) is 23.5. The molecule has 0 bridgehead atoms. The van der Waals surface area contributed by atoms with Crippen LogP contribution in [-0.4, -0.2) is 62.7 Å². The van der Waals surface area contributed by atoms with Gasteiger partial charge in [0.05, 0.1) is 19.9 Å². The molecule has 1 atom stereocenters. The molecule has 8 heteroatoms. The zero-order valence-corrected chi connectivity index (χ0v) is 19.7. The smallest absolute Gasteiger partial charge is 0.208 e. The van der Waals surface area contributed by atoms with Gasteiger partial charge in [-0.25, -0.2) is 13.1 Å². The molecule has 1 N–H and O–H groups in total. The number of carbonyl (C=O) groups is 1. The molecule has 7 nitrogen and oxygen atoms in total. The maximum atomic E-state index is 13.0. The van der Waals surface area contributed by atoms with Gasteiger partial charge >= 0.3 is 0 Å². The number of nitrogens with zero attached hydrogens (tertiary/aromatic N) is 2. The highest BCUT2D eigenvalue weighted by Crippen LogP contribution is 2.19. The highest BCUT2D eigenvalue weighted by atomic mass is 32.2. The minimum absolute atomic E-state index is 0.0869. The summed E-state index contributed by atoms with van der Waals surface area (Å²) in [6.45, 7) is 6.52. The van der Waals surface area contributed by atoms with Crippen molar-refractivity contribution in [2.45, 2.75) is 45.7 Å². The number of Topliss-reactive ketones (excluding diaryl/α,β-unsaturated/α-hetero) is 1. The second-order valence-corrected chi connectivity index (χ2v) is 10.2. The Morgan fingerprint density at radius 2 is 1.94 bits per heavy atom. The van der Waals surface area contributed by atoms with Crippen LogP contribution in [0.15, 0.2) is 30.3 Å². The van der Waals surface area contributed by atoms with Crippen LogP contribution in [0.4, 0.5) is 0 Å². The van der Waals surface area contributed by atoms with Crippen LogP contribution in [-0.2, 0) is 23.0 Å². The Bertz CT molecular complexity index is 1010. The number of hydrogen-bond donors (Lipinski definition) is 1. The van der Waals surface area contributed by atoms with E-state index in [0.717, 1.165) is 55.1 Å². The van der Waals surface area contributed by atoms with Crippen molar-refractivity contribution in [3.8, 4) is 5.75 Å². The molecule has 0 radical (unpaired) electrons. The molecule has 3 rings (SSSR count). The average molecular weight is 448 g/mol. The number of hydrogen-bond acceptors (Lipinski definition) is 5. The number of rotatable bonds is 9. The number of ether oxygens (including phenoxy) is 1. The zero-order chi connectivity index (χ0) is 22.6. The first-order chi connectivity index (χ1) is 14.7. The number of aryl methyl sites for hydroxylation is 2. The molecule has 31 heavy (non-hydrogen) atoms. The van der Waals surface area contributed by atoms with E-state index in [0.29, 0.717) is 13.1 Å². The Morgan fingerprint density at radius 1 is 1.23 bits per heavy atom. The lowest BCUT2D eigenvalue weighted by Gasteiger charge is -2.32. The number of methoxy groups -OCH3 is 1. The molecule has 170 valence electrons. The summed E-state index contributed by atoms with van der Waals surface area (Å²) in [6.07, 6.45) is 3.73. The molecule has 1 aromatic heterocycles. The Labute approximate surface area is 185 Å². The van der Waals surface area contributed by atoms with Gasteiger partial charge in [0.2, 0.25) is 10.0 Å². The molecule has 1 saturated heterocycles. The van der Waals surface area contributed by atoms with E-state index in [9.17, 15) is 13.2 Å². The maximum Gasteiger partial charge on any atom is 0.208 e. The van der Waals surface area contributed by atoms with Crippen LogP contribution < -0.4 is 9.46 Å². The number of piperidine rings is 1. The average Bonchev–Trinajstić information content (AvgIpc) is 2.99. The summed E-state index contributed by atoms with van der Waals surface area (Å²) in [5.74, 6) is 0.931. The first-order valence-corrected chi connectivity index (χ1v) is 12.6. The fourth-order valence-electron chi connectivity index (χ4n) is 4.35. The fourth-order valence-corrected chi connectivity index (χ4v) is 5.14. The molecule has 2 aromatic rings. The summed E-state index contributed by atoms with van der Waals surface area (Å²) < 4.78 is 33.1. The van der Waals surface area contributed by atoms with Crippen molar-refractivity contribution < 1.29 is 17.9 Å². The lowest BCUT2D eigenvalue weighted by Crippen LogP contribution is -2.48. The Kier molecular flexibility index (Phi) is 7.56. The van der Waals surface area contributed by atoms with Gasteiger partial charge in [0, 0.05) is 36.1 Å². The van der Waals surface area contributed by atoms with Gasteiger partial charge in [0.1, 0.15) is 5.75 Å². The van der Waals surface area contributed by atoms with Gasteiger partial charge in [0.15, 0.2) is 5.78 Å². The van der Waals surface area contributed by atoms with Crippen LogP contribution >= 0.6 is 0 Å². The quantitative estimate of drug-likeness (QED) is 0.598. The maximum absolute atomic E-state index is 13.0. The van der Waals surface area contributed by atoms with Gasteiger partial charge < -0.3 is 9.30 Å². The Balaban J connectivity index is 1.62. The van der Waals surface area contributed by atoms with E-state index in [4.69, 9.17) is 4.74 Å². The highest BCUT2D eigenvalue weighted by molar-refractivity contribution is 7.88. The van der Waals surface area contributed by atoms with E-state index in [1.807, 2.05) is 32.0 Å². The third-order valence-corrected chi connectivity index (χ3v) is 6.67. The Hall–Kier alpha value is -2.16. The van der Waals surface area contributed by atoms with E-state index in [2.05, 4.69) is 26.3 Å². The molecule has 2 heterocycles. The molecule has 1 aliphatic rings. The molecule has 0 spiro atoms. The number of likely N-dealkylation sites (tertiary alicyclic amines) is 1. The van der Waals surface area contributed by atoms with E-state index >= 15 is 0 Å². The van der Waals surface area contributed by atoms with Gasteiger partial charge in [-0.2, -0.15) is 0 Å². The normalized spacial score (nSPS) is 17.6. The number of ketones is 1. The largest absolute Gasteiger partial charge is 0.497 e. The zero-order valence-electron chi connectivity index (χ0n) is 18.8. The van der Waals surface area contributed by atoms with E-state index in [-0.39, 0.29) is 11.8 Å². The van der Waals surface area contributed by atoms with Crippen LogP contribution in [0.3, 0.4) is 0 Å². The van der Waals surface area contributed by atoms with Crippen molar-refractivity contribution in [3.63, 3.8) is 0 Å². The topological polar surface area (TPSA) is 80.6 Å². The number of nitrogens with one attached hydrogen (secondary N) is 1. The molecule has 0 amide bonds. The molecule has 1 fully saturated rings. The van der Waals surface area contributed by atoms with Gasteiger partial charge in [0.25, 0.3) is 0 Å².